The Morgan fingerprint density at radius 3 is 2.50 bits per heavy atom. The van der Waals surface area contributed by atoms with Crippen LogP contribution < -0.4 is 10.1 Å². The zero-order valence-corrected chi connectivity index (χ0v) is 15.2. The summed E-state index contributed by atoms with van der Waals surface area (Å²) in [5, 5.41) is 12.0. The van der Waals surface area contributed by atoms with Gasteiger partial charge in [0.1, 0.15) is 5.75 Å². The van der Waals surface area contributed by atoms with Gasteiger partial charge in [-0.25, -0.2) is 4.79 Å². The number of rotatable bonds is 5. The van der Waals surface area contributed by atoms with E-state index in [1.807, 2.05) is 24.3 Å². The first kappa shape index (κ1) is 18.5. The third-order valence-corrected chi connectivity index (χ3v) is 5.37. The summed E-state index contributed by atoms with van der Waals surface area (Å²) < 4.78 is 5.87. The van der Waals surface area contributed by atoms with Crippen molar-refractivity contribution in [1.29, 1.82) is 0 Å². The molecule has 1 atom stereocenters. The van der Waals surface area contributed by atoms with Crippen LogP contribution in [-0.4, -0.2) is 41.7 Å². The Kier molecular flexibility index (Phi) is 6.36. The molecule has 26 heavy (non-hydrogen) atoms. The molecule has 142 valence electrons. The molecule has 1 aliphatic carbocycles. The van der Waals surface area contributed by atoms with Gasteiger partial charge in [-0.1, -0.05) is 19.3 Å². The summed E-state index contributed by atoms with van der Waals surface area (Å²) in [7, 11) is 0. The molecule has 1 saturated carbocycles. The molecule has 3 rings (SSSR count). The minimum absolute atomic E-state index is 0.244. The molecule has 1 aliphatic heterocycles. The summed E-state index contributed by atoms with van der Waals surface area (Å²) in [6, 6.07) is 7.15. The van der Waals surface area contributed by atoms with Crippen molar-refractivity contribution < 1.29 is 19.4 Å². The highest BCUT2D eigenvalue weighted by atomic mass is 16.5. The molecule has 1 unspecified atom stereocenters. The first-order chi connectivity index (χ1) is 12.6. The number of benzene rings is 1. The van der Waals surface area contributed by atoms with E-state index >= 15 is 0 Å². The Morgan fingerprint density at radius 2 is 1.81 bits per heavy atom. The lowest BCUT2D eigenvalue weighted by atomic mass is 9.90. The fourth-order valence-corrected chi connectivity index (χ4v) is 3.77. The standard InChI is InChI=1S/C20H28N2O4/c23-19(24)16-7-4-12-22(13-16)20(25)21-17-8-10-18(11-9-17)26-14-15-5-2-1-3-6-15/h8-11,15-16H,1-7,12-14H2,(H,21,25)(H,23,24). The molecule has 2 N–H and O–H groups in total. The summed E-state index contributed by atoms with van der Waals surface area (Å²) >= 11 is 0. The van der Waals surface area contributed by atoms with Crippen LogP contribution in [0.4, 0.5) is 10.5 Å². The maximum absolute atomic E-state index is 12.3. The number of carbonyl (C=O) groups excluding carboxylic acids is 1. The van der Waals surface area contributed by atoms with Crippen LogP contribution in [0.1, 0.15) is 44.9 Å². The number of carboxylic acid groups (broad SMARTS) is 1. The molecule has 0 spiro atoms. The zero-order valence-electron chi connectivity index (χ0n) is 15.2. The van der Waals surface area contributed by atoms with Gasteiger partial charge in [-0.2, -0.15) is 0 Å². The van der Waals surface area contributed by atoms with Crippen LogP contribution in [0.2, 0.25) is 0 Å². The van der Waals surface area contributed by atoms with Gasteiger partial charge >= 0.3 is 12.0 Å². The maximum atomic E-state index is 12.3. The highest BCUT2D eigenvalue weighted by Gasteiger charge is 2.28. The van der Waals surface area contributed by atoms with Gasteiger partial charge in [-0.15, -0.1) is 0 Å². The number of carbonyl (C=O) groups is 2. The molecule has 0 radical (unpaired) electrons. The number of urea groups is 1. The highest BCUT2D eigenvalue weighted by molar-refractivity contribution is 5.89. The lowest BCUT2D eigenvalue weighted by Gasteiger charge is -2.30. The number of likely N-dealkylation sites (tertiary alicyclic amines) is 1. The van der Waals surface area contributed by atoms with E-state index in [-0.39, 0.29) is 12.6 Å². The fraction of sp³-hybridized carbons (Fsp3) is 0.600. The second-order valence-electron chi connectivity index (χ2n) is 7.39. The minimum Gasteiger partial charge on any atom is -0.493 e. The molecule has 1 heterocycles. The van der Waals surface area contributed by atoms with Crippen LogP contribution >= 0.6 is 0 Å². The van der Waals surface area contributed by atoms with E-state index in [0.29, 0.717) is 24.6 Å². The second kappa shape index (κ2) is 8.92. The second-order valence-corrected chi connectivity index (χ2v) is 7.39. The van der Waals surface area contributed by atoms with Crippen molar-refractivity contribution in [3.8, 4) is 5.75 Å². The van der Waals surface area contributed by atoms with Crippen molar-refractivity contribution in [2.24, 2.45) is 11.8 Å². The number of nitrogens with zero attached hydrogens (tertiary/aromatic N) is 1. The molecule has 2 aliphatic rings. The zero-order chi connectivity index (χ0) is 18.4. The van der Waals surface area contributed by atoms with Crippen LogP contribution in [0, 0.1) is 11.8 Å². The van der Waals surface area contributed by atoms with Crippen molar-refractivity contribution in [1.82, 2.24) is 4.90 Å². The van der Waals surface area contributed by atoms with Gasteiger partial charge in [0.25, 0.3) is 0 Å². The van der Waals surface area contributed by atoms with Gasteiger partial charge < -0.3 is 20.1 Å². The predicted molar refractivity (Wildman–Crippen MR) is 99.5 cm³/mol. The molecule has 1 saturated heterocycles. The summed E-state index contributed by atoms with van der Waals surface area (Å²) in [5.41, 5.74) is 0.692. The monoisotopic (exact) mass is 360 g/mol. The number of amides is 2. The summed E-state index contributed by atoms with van der Waals surface area (Å²) in [6.07, 6.45) is 7.80. The van der Waals surface area contributed by atoms with Crippen molar-refractivity contribution in [3.05, 3.63) is 24.3 Å². The molecule has 2 amide bonds. The van der Waals surface area contributed by atoms with E-state index in [1.54, 1.807) is 4.90 Å². The largest absolute Gasteiger partial charge is 0.493 e. The first-order valence-corrected chi connectivity index (χ1v) is 9.63. The number of carboxylic acids is 1. The van der Waals surface area contributed by atoms with Crippen LogP contribution in [0.3, 0.4) is 0 Å². The van der Waals surface area contributed by atoms with Gasteiger partial charge in [0.2, 0.25) is 0 Å². The van der Waals surface area contributed by atoms with Crippen LogP contribution in [0.5, 0.6) is 5.75 Å². The highest BCUT2D eigenvalue weighted by Crippen LogP contribution is 2.25. The van der Waals surface area contributed by atoms with E-state index in [2.05, 4.69) is 5.32 Å². The van der Waals surface area contributed by atoms with Crippen molar-refractivity contribution in [2.75, 3.05) is 25.0 Å². The normalized spacial score (nSPS) is 21.2. The Labute approximate surface area is 154 Å². The smallest absolute Gasteiger partial charge is 0.321 e. The molecule has 1 aromatic rings. The van der Waals surface area contributed by atoms with Gasteiger partial charge in [0.15, 0.2) is 0 Å². The number of ether oxygens (including phenoxy) is 1. The molecule has 6 heteroatoms. The SMILES string of the molecule is O=C(O)C1CCCN(C(=O)Nc2ccc(OCC3CCCCC3)cc2)C1. The predicted octanol–water partition coefficient (Wildman–Crippen LogP) is 3.97. The fourth-order valence-electron chi connectivity index (χ4n) is 3.77. The number of anilines is 1. The Morgan fingerprint density at radius 1 is 1.08 bits per heavy atom. The lowest BCUT2D eigenvalue weighted by molar-refractivity contribution is -0.143. The van der Waals surface area contributed by atoms with E-state index in [1.165, 1.54) is 32.1 Å². The molecular formula is C20H28N2O4. The number of aliphatic carboxylic acids is 1. The quantitative estimate of drug-likeness (QED) is 0.833. The minimum atomic E-state index is -0.832. The van der Waals surface area contributed by atoms with Crippen LogP contribution in [0.25, 0.3) is 0 Å². The van der Waals surface area contributed by atoms with E-state index in [9.17, 15) is 9.59 Å². The third kappa shape index (κ3) is 5.13. The number of hydrogen-bond acceptors (Lipinski definition) is 3. The number of hydrogen-bond donors (Lipinski definition) is 2. The van der Waals surface area contributed by atoms with E-state index < -0.39 is 11.9 Å². The number of nitrogens with one attached hydrogen (secondary N) is 1. The van der Waals surface area contributed by atoms with Gasteiger partial charge in [0, 0.05) is 18.8 Å². The molecule has 0 aromatic heterocycles. The molecular weight excluding hydrogens is 332 g/mol. The van der Waals surface area contributed by atoms with Gasteiger partial charge in [-0.3, -0.25) is 4.79 Å². The first-order valence-electron chi connectivity index (χ1n) is 9.63. The van der Waals surface area contributed by atoms with E-state index in [4.69, 9.17) is 9.84 Å². The maximum Gasteiger partial charge on any atom is 0.321 e. The Bertz CT molecular complexity index is 611. The summed E-state index contributed by atoms with van der Waals surface area (Å²) in [5.74, 6) is 0.175. The molecule has 1 aromatic carbocycles. The summed E-state index contributed by atoms with van der Waals surface area (Å²) in [4.78, 5) is 25.0. The summed E-state index contributed by atoms with van der Waals surface area (Å²) in [6.45, 7) is 1.62. The average molecular weight is 360 g/mol. The van der Waals surface area contributed by atoms with Gasteiger partial charge in [-0.05, 0) is 55.9 Å². The van der Waals surface area contributed by atoms with Crippen molar-refractivity contribution in [2.45, 2.75) is 44.9 Å². The average Bonchev–Trinajstić information content (AvgIpc) is 2.68. The van der Waals surface area contributed by atoms with Crippen LogP contribution in [0.15, 0.2) is 24.3 Å². The Balaban J connectivity index is 1.47. The van der Waals surface area contributed by atoms with E-state index in [0.717, 1.165) is 18.8 Å². The molecule has 2 fully saturated rings. The molecule has 0 bridgehead atoms. The van der Waals surface area contributed by atoms with Crippen molar-refractivity contribution in [3.63, 3.8) is 0 Å². The molecule has 6 nitrogen and oxygen atoms in total. The van der Waals surface area contributed by atoms with Gasteiger partial charge in [0.05, 0.1) is 12.5 Å². The van der Waals surface area contributed by atoms with Crippen LogP contribution in [-0.2, 0) is 4.79 Å². The Hall–Kier alpha value is -2.24. The third-order valence-electron chi connectivity index (χ3n) is 5.37. The van der Waals surface area contributed by atoms with Crippen molar-refractivity contribution >= 4 is 17.7 Å². The topological polar surface area (TPSA) is 78.9 Å². The number of piperidine rings is 1. The lowest BCUT2D eigenvalue weighted by Crippen LogP contribution is -2.44.